The smallest absolute Gasteiger partial charge is 0.240 e. The van der Waals surface area contributed by atoms with Crippen molar-refractivity contribution in [3.8, 4) is 0 Å². The number of carbonyl (C=O) groups excluding carboxylic acids is 1. The van der Waals surface area contributed by atoms with Crippen molar-refractivity contribution in [2.24, 2.45) is 5.73 Å². The van der Waals surface area contributed by atoms with Gasteiger partial charge in [0.05, 0.1) is 16.1 Å². The van der Waals surface area contributed by atoms with E-state index in [4.69, 9.17) is 28.9 Å². The highest BCUT2D eigenvalue weighted by molar-refractivity contribution is 6.42. The van der Waals surface area contributed by atoms with E-state index in [0.717, 1.165) is 18.4 Å². The van der Waals surface area contributed by atoms with E-state index < -0.39 is 6.04 Å². The molecule has 1 saturated carbocycles. The van der Waals surface area contributed by atoms with Gasteiger partial charge in [-0.05, 0) is 37.0 Å². The molecular formula is C15H18Cl2N2O. The lowest BCUT2D eigenvalue weighted by molar-refractivity contribution is -0.133. The van der Waals surface area contributed by atoms with Crippen molar-refractivity contribution in [2.45, 2.75) is 37.9 Å². The molecule has 1 aliphatic rings. The summed E-state index contributed by atoms with van der Waals surface area (Å²) in [5, 5.41) is 1.02. The van der Waals surface area contributed by atoms with Crippen LogP contribution in [-0.2, 0) is 11.3 Å². The third kappa shape index (κ3) is 3.75. The Balaban J connectivity index is 2.11. The van der Waals surface area contributed by atoms with Crippen LogP contribution in [-0.4, -0.2) is 22.9 Å². The van der Waals surface area contributed by atoms with Gasteiger partial charge in [-0.2, -0.15) is 0 Å². The predicted octanol–water partition coefficient (Wildman–Crippen LogP) is 3.39. The molecular weight excluding hydrogens is 295 g/mol. The summed E-state index contributed by atoms with van der Waals surface area (Å²) >= 11 is 11.9. The third-order valence-corrected chi connectivity index (χ3v) is 4.08. The standard InChI is InChI=1S/C15H18Cl2N2O/c1-2-3-14(18)15(20)19(11-5-6-11)9-10-4-7-12(16)13(17)8-10/h2,4,7-8,11,14H,1,3,5-6,9,18H2. The number of nitrogens with two attached hydrogens (primary N) is 1. The van der Waals surface area contributed by atoms with Gasteiger partial charge in [0.2, 0.25) is 5.91 Å². The summed E-state index contributed by atoms with van der Waals surface area (Å²) in [7, 11) is 0. The van der Waals surface area contributed by atoms with Crippen LogP contribution in [0.25, 0.3) is 0 Å². The van der Waals surface area contributed by atoms with Gasteiger partial charge in [-0.15, -0.1) is 6.58 Å². The van der Waals surface area contributed by atoms with Crippen molar-refractivity contribution < 1.29 is 4.79 Å². The second-order valence-electron chi connectivity index (χ2n) is 5.08. The van der Waals surface area contributed by atoms with Gasteiger partial charge in [0.25, 0.3) is 0 Å². The van der Waals surface area contributed by atoms with Crippen molar-refractivity contribution >= 4 is 29.1 Å². The maximum atomic E-state index is 12.4. The molecule has 0 saturated heterocycles. The summed E-state index contributed by atoms with van der Waals surface area (Å²) in [6.45, 7) is 4.14. The molecule has 1 fully saturated rings. The van der Waals surface area contributed by atoms with Gasteiger partial charge in [-0.25, -0.2) is 0 Å². The summed E-state index contributed by atoms with van der Waals surface area (Å²) in [6, 6.07) is 5.21. The fourth-order valence-electron chi connectivity index (χ4n) is 2.10. The van der Waals surface area contributed by atoms with Gasteiger partial charge in [0, 0.05) is 12.6 Å². The first kappa shape index (κ1) is 15.4. The van der Waals surface area contributed by atoms with Crippen molar-refractivity contribution in [2.75, 3.05) is 0 Å². The maximum Gasteiger partial charge on any atom is 0.240 e. The predicted molar refractivity (Wildman–Crippen MR) is 82.8 cm³/mol. The first-order chi connectivity index (χ1) is 9.52. The largest absolute Gasteiger partial charge is 0.334 e. The van der Waals surface area contributed by atoms with Crippen LogP contribution in [0.3, 0.4) is 0 Å². The maximum absolute atomic E-state index is 12.4. The van der Waals surface area contributed by atoms with Crippen LogP contribution in [0.2, 0.25) is 10.0 Å². The Morgan fingerprint density at radius 2 is 2.15 bits per heavy atom. The molecule has 0 radical (unpaired) electrons. The number of hydrogen-bond acceptors (Lipinski definition) is 2. The second kappa shape index (κ2) is 6.61. The minimum absolute atomic E-state index is 0.0292. The summed E-state index contributed by atoms with van der Waals surface area (Å²) in [4.78, 5) is 14.2. The minimum Gasteiger partial charge on any atom is -0.334 e. The lowest BCUT2D eigenvalue weighted by Gasteiger charge is -2.25. The van der Waals surface area contributed by atoms with Crippen LogP contribution in [0.5, 0.6) is 0 Å². The van der Waals surface area contributed by atoms with Crippen LogP contribution >= 0.6 is 23.2 Å². The van der Waals surface area contributed by atoms with E-state index in [-0.39, 0.29) is 5.91 Å². The Kier molecular flexibility index (Phi) is 5.08. The van der Waals surface area contributed by atoms with Gasteiger partial charge in [0.15, 0.2) is 0 Å². The van der Waals surface area contributed by atoms with Gasteiger partial charge < -0.3 is 10.6 Å². The summed E-state index contributed by atoms with van der Waals surface area (Å²) in [6.07, 6.45) is 4.23. The van der Waals surface area contributed by atoms with Crippen LogP contribution in [0.4, 0.5) is 0 Å². The molecule has 2 N–H and O–H groups in total. The van der Waals surface area contributed by atoms with Crippen LogP contribution in [0, 0.1) is 0 Å². The van der Waals surface area contributed by atoms with Gasteiger partial charge in [0.1, 0.15) is 0 Å². The lowest BCUT2D eigenvalue weighted by Crippen LogP contribution is -2.44. The van der Waals surface area contributed by atoms with Crippen molar-refractivity contribution in [3.05, 3.63) is 46.5 Å². The molecule has 1 amide bonds. The van der Waals surface area contributed by atoms with Crippen molar-refractivity contribution in [1.29, 1.82) is 0 Å². The number of halogens is 2. The van der Waals surface area contributed by atoms with E-state index in [9.17, 15) is 4.79 Å². The molecule has 3 nitrogen and oxygen atoms in total. The average molecular weight is 313 g/mol. The Morgan fingerprint density at radius 1 is 1.45 bits per heavy atom. The lowest BCUT2D eigenvalue weighted by atomic mass is 10.1. The van der Waals surface area contributed by atoms with E-state index in [2.05, 4.69) is 6.58 Å². The van der Waals surface area contributed by atoms with Gasteiger partial charge in [-0.1, -0.05) is 35.3 Å². The highest BCUT2D eigenvalue weighted by Crippen LogP contribution is 2.30. The van der Waals surface area contributed by atoms with E-state index >= 15 is 0 Å². The number of rotatable bonds is 6. The first-order valence-electron chi connectivity index (χ1n) is 6.63. The molecule has 1 aliphatic carbocycles. The Morgan fingerprint density at radius 3 is 2.70 bits per heavy atom. The number of hydrogen-bond donors (Lipinski definition) is 1. The SMILES string of the molecule is C=CCC(N)C(=O)N(Cc1ccc(Cl)c(Cl)c1)C1CC1. The summed E-state index contributed by atoms with van der Waals surface area (Å²) in [5.74, 6) is -0.0292. The Bertz CT molecular complexity index is 515. The van der Waals surface area contributed by atoms with E-state index in [1.54, 1.807) is 18.2 Å². The molecule has 5 heteroatoms. The number of nitrogens with zero attached hydrogens (tertiary/aromatic N) is 1. The molecule has 1 aromatic carbocycles. The van der Waals surface area contributed by atoms with E-state index in [1.807, 2.05) is 11.0 Å². The minimum atomic E-state index is -0.518. The topological polar surface area (TPSA) is 46.3 Å². The zero-order chi connectivity index (χ0) is 14.7. The zero-order valence-electron chi connectivity index (χ0n) is 11.2. The molecule has 0 aliphatic heterocycles. The molecule has 0 spiro atoms. The second-order valence-corrected chi connectivity index (χ2v) is 5.89. The fourth-order valence-corrected chi connectivity index (χ4v) is 2.42. The Hall–Kier alpha value is -1.03. The molecule has 0 aromatic heterocycles. The summed E-state index contributed by atoms with van der Waals surface area (Å²) in [5.41, 5.74) is 6.86. The Labute approximate surface area is 129 Å². The van der Waals surface area contributed by atoms with Crippen molar-refractivity contribution in [3.63, 3.8) is 0 Å². The monoisotopic (exact) mass is 312 g/mol. The summed E-state index contributed by atoms with van der Waals surface area (Å²) < 4.78 is 0. The molecule has 20 heavy (non-hydrogen) atoms. The van der Waals surface area contributed by atoms with Crippen LogP contribution in [0.15, 0.2) is 30.9 Å². The molecule has 0 heterocycles. The van der Waals surface area contributed by atoms with Crippen molar-refractivity contribution in [1.82, 2.24) is 4.90 Å². The third-order valence-electron chi connectivity index (χ3n) is 3.35. The molecule has 1 atom stereocenters. The number of benzene rings is 1. The van der Waals surface area contributed by atoms with Crippen LogP contribution < -0.4 is 5.73 Å². The van der Waals surface area contributed by atoms with E-state index in [0.29, 0.717) is 29.1 Å². The highest BCUT2D eigenvalue weighted by atomic mass is 35.5. The van der Waals surface area contributed by atoms with Crippen LogP contribution in [0.1, 0.15) is 24.8 Å². The normalized spacial score (nSPS) is 15.8. The molecule has 2 rings (SSSR count). The zero-order valence-corrected chi connectivity index (χ0v) is 12.7. The molecule has 0 bridgehead atoms. The first-order valence-corrected chi connectivity index (χ1v) is 7.39. The number of amides is 1. The van der Waals surface area contributed by atoms with E-state index in [1.165, 1.54) is 0 Å². The molecule has 108 valence electrons. The average Bonchev–Trinajstić information content (AvgIpc) is 3.24. The quantitative estimate of drug-likeness (QED) is 0.818. The molecule has 1 unspecified atom stereocenters. The van der Waals surface area contributed by atoms with Gasteiger partial charge in [-0.3, -0.25) is 4.79 Å². The highest BCUT2D eigenvalue weighted by Gasteiger charge is 2.34. The number of carbonyl (C=O) groups is 1. The molecule has 1 aromatic rings. The fraction of sp³-hybridized carbons (Fsp3) is 0.400. The van der Waals surface area contributed by atoms with Gasteiger partial charge >= 0.3 is 0 Å².